The Balaban J connectivity index is 1.75. The minimum atomic E-state index is -4.56. The Morgan fingerprint density at radius 1 is 0.667 bits per heavy atom. The summed E-state index contributed by atoms with van der Waals surface area (Å²) in [5.41, 5.74) is -1.02. The van der Waals surface area contributed by atoms with E-state index in [-0.39, 0.29) is 23.3 Å². The van der Waals surface area contributed by atoms with E-state index >= 15 is 0 Å². The lowest BCUT2D eigenvalue weighted by atomic mass is 10.1. The number of ether oxygens (including phenoxy) is 2. The lowest BCUT2D eigenvalue weighted by molar-refractivity contribution is -0.138. The summed E-state index contributed by atoms with van der Waals surface area (Å²) >= 11 is 0. The van der Waals surface area contributed by atoms with Crippen molar-refractivity contribution >= 4 is 11.9 Å². The predicted octanol–water partition coefficient (Wildman–Crippen LogP) is 8.53. The zero-order valence-electron chi connectivity index (χ0n) is 21.1. The minimum absolute atomic E-state index is 0.0362. The number of carbonyl (C=O) groups is 2. The van der Waals surface area contributed by atoms with Gasteiger partial charge in [0.25, 0.3) is 0 Å². The fourth-order valence-electron chi connectivity index (χ4n) is 3.99. The van der Waals surface area contributed by atoms with Gasteiger partial charge in [0.05, 0.1) is 23.3 Å². The van der Waals surface area contributed by atoms with Crippen molar-refractivity contribution in [1.29, 1.82) is 0 Å². The van der Waals surface area contributed by atoms with Gasteiger partial charge in [0, 0.05) is 5.56 Å². The molecule has 0 spiro atoms. The molecule has 0 radical (unpaired) electrons. The maximum Gasteiger partial charge on any atom is 0.416 e. The van der Waals surface area contributed by atoms with Crippen LogP contribution < -0.4 is 0 Å². The number of hydrogen-bond donors (Lipinski definition) is 0. The zero-order chi connectivity index (χ0) is 26.2. The highest BCUT2D eigenvalue weighted by Gasteiger charge is 2.33. The second-order valence-electron chi connectivity index (χ2n) is 8.95. The van der Waals surface area contributed by atoms with Crippen LogP contribution in [0.2, 0.25) is 0 Å². The van der Waals surface area contributed by atoms with Gasteiger partial charge in [-0.15, -0.1) is 0 Å². The van der Waals surface area contributed by atoms with Crippen molar-refractivity contribution in [1.82, 2.24) is 0 Å². The molecule has 2 rings (SSSR count). The monoisotopic (exact) mass is 506 g/mol. The van der Waals surface area contributed by atoms with Crippen LogP contribution in [0.1, 0.15) is 109 Å². The Labute approximate surface area is 212 Å². The summed E-state index contributed by atoms with van der Waals surface area (Å²) in [7, 11) is 0. The smallest absolute Gasteiger partial charge is 0.416 e. The number of alkyl halides is 3. The third kappa shape index (κ3) is 10.4. The van der Waals surface area contributed by atoms with Crippen molar-refractivity contribution in [2.75, 3.05) is 6.61 Å². The van der Waals surface area contributed by atoms with E-state index in [0.29, 0.717) is 0 Å². The highest BCUT2D eigenvalue weighted by molar-refractivity contribution is 6.03. The standard InChI is InChI=1S/C29H37F3O4/c1-2-3-4-5-6-7-8-9-10-11-16-21-35-27(33)24-18-13-14-19-25(24)28(34)36-22-23-17-12-15-20-26(23)29(30,31)32/h12-15,17-20H,2-11,16,21-22H2,1H3. The topological polar surface area (TPSA) is 52.6 Å². The molecule has 0 unspecified atom stereocenters. The molecule has 0 N–H and O–H groups in total. The first kappa shape index (κ1) is 29.4. The molecule has 0 bridgehead atoms. The lowest BCUT2D eigenvalue weighted by Gasteiger charge is -2.13. The third-order valence-electron chi connectivity index (χ3n) is 6.03. The molecule has 0 saturated carbocycles. The molecule has 0 aliphatic heterocycles. The fraction of sp³-hybridized carbons (Fsp3) is 0.517. The van der Waals surface area contributed by atoms with E-state index in [1.165, 1.54) is 81.7 Å². The maximum absolute atomic E-state index is 13.2. The van der Waals surface area contributed by atoms with Gasteiger partial charge in [0.1, 0.15) is 6.61 Å². The average molecular weight is 507 g/mol. The van der Waals surface area contributed by atoms with Crippen molar-refractivity contribution < 1.29 is 32.2 Å². The molecule has 0 fully saturated rings. The summed E-state index contributed by atoms with van der Waals surface area (Å²) < 4.78 is 49.9. The Morgan fingerprint density at radius 3 is 1.69 bits per heavy atom. The maximum atomic E-state index is 13.2. The Bertz CT molecular complexity index is 940. The summed E-state index contributed by atoms with van der Waals surface area (Å²) in [6.45, 7) is 1.91. The normalized spacial score (nSPS) is 11.3. The molecule has 2 aromatic rings. The van der Waals surface area contributed by atoms with Crippen LogP contribution >= 0.6 is 0 Å². The minimum Gasteiger partial charge on any atom is -0.462 e. The number of unbranched alkanes of at least 4 members (excludes halogenated alkanes) is 10. The van der Waals surface area contributed by atoms with Gasteiger partial charge in [-0.1, -0.05) is 101 Å². The Morgan fingerprint density at radius 2 is 1.14 bits per heavy atom. The van der Waals surface area contributed by atoms with Crippen LogP contribution in [0.15, 0.2) is 48.5 Å². The summed E-state index contributed by atoms with van der Waals surface area (Å²) in [6.07, 6.45) is 8.45. The van der Waals surface area contributed by atoms with Crippen LogP contribution in [-0.2, 0) is 22.3 Å². The van der Waals surface area contributed by atoms with Crippen molar-refractivity contribution in [3.8, 4) is 0 Å². The van der Waals surface area contributed by atoms with Gasteiger partial charge in [0.2, 0.25) is 0 Å². The lowest BCUT2D eigenvalue weighted by Crippen LogP contribution is -2.16. The van der Waals surface area contributed by atoms with E-state index in [2.05, 4.69) is 6.92 Å². The third-order valence-corrected chi connectivity index (χ3v) is 6.03. The van der Waals surface area contributed by atoms with E-state index in [9.17, 15) is 22.8 Å². The molecule has 0 heterocycles. The Kier molecular flexibility index (Phi) is 13.1. The molecule has 2 aromatic carbocycles. The van der Waals surface area contributed by atoms with E-state index in [0.717, 1.165) is 25.3 Å². The molecule has 4 nitrogen and oxygen atoms in total. The first-order valence-electron chi connectivity index (χ1n) is 12.9. The quantitative estimate of drug-likeness (QED) is 0.169. The summed E-state index contributed by atoms with van der Waals surface area (Å²) in [6, 6.07) is 10.9. The van der Waals surface area contributed by atoms with E-state index in [1.54, 1.807) is 12.1 Å². The Hall–Kier alpha value is -2.83. The van der Waals surface area contributed by atoms with Gasteiger partial charge >= 0.3 is 18.1 Å². The molecule has 7 heteroatoms. The largest absolute Gasteiger partial charge is 0.462 e. The molecule has 0 amide bonds. The molecule has 198 valence electrons. The summed E-state index contributed by atoms with van der Waals surface area (Å²) in [5, 5.41) is 0. The summed E-state index contributed by atoms with van der Waals surface area (Å²) in [4.78, 5) is 25.1. The number of carbonyl (C=O) groups excluding carboxylic acids is 2. The first-order chi connectivity index (χ1) is 17.3. The zero-order valence-corrected chi connectivity index (χ0v) is 21.1. The number of benzene rings is 2. The number of hydrogen-bond acceptors (Lipinski definition) is 4. The van der Waals surface area contributed by atoms with Gasteiger partial charge in [-0.05, 0) is 24.6 Å². The molecular weight excluding hydrogens is 469 g/mol. The van der Waals surface area contributed by atoms with E-state index in [1.807, 2.05) is 0 Å². The van der Waals surface area contributed by atoms with Crippen LogP contribution in [-0.4, -0.2) is 18.5 Å². The van der Waals surface area contributed by atoms with Crippen LogP contribution in [0.25, 0.3) is 0 Å². The van der Waals surface area contributed by atoms with Gasteiger partial charge in [-0.2, -0.15) is 13.2 Å². The fourth-order valence-corrected chi connectivity index (χ4v) is 3.99. The van der Waals surface area contributed by atoms with Crippen molar-refractivity contribution in [3.05, 3.63) is 70.8 Å². The number of esters is 2. The predicted molar refractivity (Wildman–Crippen MR) is 134 cm³/mol. The highest BCUT2D eigenvalue weighted by Crippen LogP contribution is 2.32. The number of rotatable bonds is 16. The van der Waals surface area contributed by atoms with E-state index in [4.69, 9.17) is 9.47 Å². The first-order valence-corrected chi connectivity index (χ1v) is 12.9. The van der Waals surface area contributed by atoms with Crippen LogP contribution in [0.3, 0.4) is 0 Å². The second-order valence-corrected chi connectivity index (χ2v) is 8.95. The SMILES string of the molecule is CCCCCCCCCCCCCOC(=O)c1ccccc1C(=O)OCc1ccccc1C(F)(F)F. The highest BCUT2D eigenvalue weighted by atomic mass is 19.4. The van der Waals surface area contributed by atoms with Crippen molar-refractivity contribution in [3.63, 3.8) is 0 Å². The summed E-state index contributed by atoms with van der Waals surface area (Å²) in [5.74, 6) is -1.53. The van der Waals surface area contributed by atoms with Gasteiger partial charge in [-0.3, -0.25) is 0 Å². The van der Waals surface area contributed by atoms with Gasteiger partial charge in [0.15, 0.2) is 0 Å². The van der Waals surface area contributed by atoms with Crippen molar-refractivity contribution in [2.45, 2.75) is 90.3 Å². The van der Waals surface area contributed by atoms with Crippen LogP contribution in [0.5, 0.6) is 0 Å². The molecule has 36 heavy (non-hydrogen) atoms. The van der Waals surface area contributed by atoms with Gasteiger partial charge in [-0.25, -0.2) is 9.59 Å². The van der Waals surface area contributed by atoms with E-state index < -0.39 is 30.3 Å². The average Bonchev–Trinajstić information content (AvgIpc) is 2.87. The molecule has 0 aromatic heterocycles. The van der Waals surface area contributed by atoms with Crippen molar-refractivity contribution in [2.24, 2.45) is 0 Å². The van der Waals surface area contributed by atoms with Crippen LogP contribution in [0.4, 0.5) is 13.2 Å². The molecular formula is C29H37F3O4. The molecule has 0 aliphatic carbocycles. The molecule has 0 atom stereocenters. The number of halogens is 3. The van der Waals surface area contributed by atoms with Gasteiger partial charge < -0.3 is 9.47 Å². The molecule has 0 aliphatic rings. The van der Waals surface area contributed by atoms with Crippen LogP contribution in [0, 0.1) is 0 Å². The molecule has 0 saturated heterocycles. The second kappa shape index (κ2) is 16.0.